The van der Waals surface area contributed by atoms with Crippen LogP contribution in [0.1, 0.15) is 41.5 Å². The molecule has 0 amide bonds. The molecule has 0 aliphatic rings. The van der Waals surface area contributed by atoms with Crippen molar-refractivity contribution in [3.8, 4) is 23.7 Å². The van der Waals surface area contributed by atoms with E-state index in [4.69, 9.17) is 8.85 Å². The van der Waals surface area contributed by atoms with Gasteiger partial charge in [0.25, 0.3) is 16.6 Å². The molecule has 4 aromatic rings. The second kappa shape index (κ2) is 13.6. The van der Waals surface area contributed by atoms with E-state index in [9.17, 15) is 0 Å². The van der Waals surface area contributed by atoms with Gasteiger partial charge in [0.05, 0.1) is 13.2 Å². The first-order valence-electron chi connectivity index (χ1n) is 14.6. The van der Waals surface area contributed by atoms with Crippen LogP contribution in [0.4, 0.5) is 0 Å². The van der Waals surface area contributed by atoms with E-state index >= 15 is 0 Å². The lowest BCUT2D eigenvalue weighted by Crippen LogP contribution is -2.66. The van der Waals surface area contributed by atoms with Crippen molar-refractivity contribution in [2.45, 2.75) is 51.6 Å². The fourth-order valence-electron chi connectivity index (χ4n) is 5.97. The van der Waals surface area contributed by atoms with Crippen LogP contribution < -0.4 is 20.7 Å². The summed E-state index contributed by atoms with van der Waals surface area (Å²) in [6, 6.07) is 42.5. The van der Waals surface area contributed by atoms with E-state index in [0.29, 0.717) is 13.2 Å². The molecule has 0 aliphatic carbocycles. The van der Waals surface area contributed by atoms with Gasteiger partial charge in [0, 0.05) is 0 Å². The molecule has 0 radical (unpaired) electrons. The molecule has 0 atom stereocenters. The third kappa shape index (κ3) is 6.54. The van der Waals surface area contributed by atoms with Gasteiger partial charge in [-0.3, -0.25) is 0 Å². The quantitative estimate of drug-likeness (QED) is 0.182. The van der Waals surface area contributed by atoms with Gasteiger partial charge in [0.15, 0.2) is 0 Å². The molecule has 42 heavy (non-hydrogen) atoms. The van der Waals surface area contributed by atoms with Crippen molar-refractivity contribution in [3.05, 3.63) is 121 Å². The molecule has 214 valence electrons. The van der Waals surface area contributed by atoms with Gasteiger partial charge in [-0.2, -0.15) is 0 Å². The first-order chi connectivity index (χ1) is 20.1. The molecule has 0 heterocycles. The van der Waals surface area contributed by atoms with E-state index in [-0.39, 0.29) is 10.1 Å². The smallest absolute Gasteiger partial charge is 0.262 e. The standard InChI is InChI=1S/C38H42O2Si2/c1-37(2,3)41(33-23-13-9-14-24-33,34-25-15-10-16-26-34)39-31-21-7-8-22-32-40-42(38(4,5)6,35-27-17-11-18-28-35)36-29-19-12-20-30-36/h9-20,23-30H,31-32H2,1-6H3. The Labute approximate surface area is 255 Å². The Bertz CT molecular complexity index is 1330. The number of benzene rings is 4. The third-order valence-electron chi connectivity index (χ3n) is 7.79. The highest BCUT2D eigenvalue weighted by atomic mass is 28.4. The zero-order valence-electron chi connectivity index (χ0n) is 25.8. The summed E-state index contributed by atoms with van der Waals surface area (Å²) in [6.45, 7) is 14.3. The van der Waals surface area contributed by atoms with Crippen LogP contribution in [0.25, 0.3) is 0 Å². The Morgan fingerprint density at radius 3 is 0.881 bits per heavy atom. The van der Waals surface area contributed by atoms with Crippen molar-refractivity contribution in [1.82, 2.24) is 0 Å². The van der Waals surface area contributed by atoms with Crippen molar-refractivity contribution < 1.29 is 8.85 Å². The Morgan fingerprint density at radius 1 is 0.429 bits per heavy atom. The largest absolute Gasteiger partial charge is 0.396 e. The van der Waals surface area contributed by atoms with Gasteiger partial charge in [-0.15, -0.1) is 0 Å². The van der Waals surface area contributed by atoms with Crippen LogP contribution in [0.5, 0.6) is 0 Å². The molecule has 0 fully saturated rings. The van der Waals surface area contributed by atoms with Crippen LogP contribution in [0.2, 0.25) is 10.1 Å². The molecule has 0 saturated carbocycles. The van der Waals surface area contributed by atoms with Crippen LogP contribution in [-0.2, 0) is 8.85 Å². The first-order valence-corrected chi connectivity index (χ1v) is 18.4. The summed E-state index contributed by atoms with van der Waals surface area (Å²) in [5.41, 5.74) is 0. The topological polar surface area (TPSA) is 18.5 Å². The molecule has 2 nitrogen and oxygen atoms in total. The molecule has 0 saturated heterocycles. The molecular weight excluding hydrogens is 545 g/mol. The van der Waals surface area contributed by atoms with Crippen LogP contribution in [0.15, 0.2) is 121 Å². The molecule has 4 rings (SSSR count). The second-order valence-corrected chi connectivity index (χ2v) is 21.1. The second-order valence-electron chi connectivity index (χ2n) is 12.5. The van der Waals surface area contributed by atoms with E-state index in [1.54, 1.807) is 0 Å². The number of hydrogen-bond donors (Lipinski definition) is 0. The Morgan fingerprint density at radius 2 is 0.667 bits per heavy atom. The number of rotatable bonds is 8. The molecule has 0 aromatic heterocycles. The molecule has 4 aromatic carbocycles. The highest BCUT2D eigenvalue weighted by Crippen LogP contribution is 2.37. The van der Waals surface area contributed by atoms with E-state index in [2.05, 4.69) is 187 Å². The molecular formula is C38H42O2Si2. The van der Waals surface area contributed by atoms with Gasteiger partial charge in [0.2, 0.25) is 0 Å². The lowest BCUT2D eigenvalue weighted by molar-refractivity contribution is 0.345. The lowest BCUT2D eigenvalue weighted by atomic mass is 10.2. The van der Waals surface area contributed by atoms with Crippen molar-refractivity contribution in [1.29, 1.82) is 0 Å². The third-order valence-corrected chi connectivity index (χ3v) is 17.8. The fraction of sp³-hybridized carbons (Fsp3) is 0.263. The van der Waals surface area contributed by atoms with E-state index in [0.717, 1.165) is 0 Å². The summed E-state index contributed by atoms with van der Waals surface area (Å²) in [7, 11) is -5.23. The van der Waals surface area contributed by atoms with Crippen LogP contribution in [-0.4, -0.2) is 29.8 Å². The zero-order chi connectivity index (χ0) is 30.1. The minimum absolute atomic E-state index is 0.0906. The maximum Gasteiger partial charge on any atom is 0.262 e. The van der Waals surface area contributed by atoms with Crippen molar-refractivity contribution in [2.75, 3.05) is 13.2 Å². The summed E-state index contributed by atoms with van der Waals surface area (Å²) >= 11 is 0. The maximum absolute atomic E-state index is 6.86. The Balaban J connectivity index is 1.56. The SMILES string of the molecule is CC(C)(C)[Si](OCC#CC#CCO[Si](c1ccccc1)(c1ccccc1)C(C)(C)C)(c1ccccc1)c1ccccc1. The summed E-state index contributed by atoms with van der Waals surface area (Å²) in [5.74, 6) is 12.5. The van der Waals surface area contributed by atoms with Crippen molar-refractivity contribution >= 4 is 37.4 Å². The average molecular weight is 587 g/mol. The van der Waals surface area contributed by atoms with E-state index < -0.39 is 16.6 Å². The van der Waals surface area contributed by atoms with Crippen LogP contribution in [0.3, 0.4) is 0 Å². The van der Waals surface area contributed by atoms with Gasteiger partial charge in [0.1, 0.15) is 0 Å². The minimum Gasteiger partial charge on any atom is -0.396 e. The normalized spacial score (nSPS) is 12.0. The van der Waals surface area contributed by atoms with Gasteiger partial charge >= 0.3 is 0 Å². The van der Waals surface area contributed by atoms with Gasteiger partial charge < -0.3 is 8.85 Å². The van der Waals surface area contributed by atoms with Crippen LogP contribution in [0, 0.1) is 23.7 Å². The number of hydrogen-bond acceptors (Lipinski definition) is 2. The average Bonchev–Trinajstić information content (AvgIpc) is 2.99. The van der Waals surface area contributed by atoms with Gasteiger partial charge in [-0.25, -0.2) is 0 Å². The highest BCUT2D eigenvalue weighted by molar-refractivity contribution is 7.00. The molecule has 0 bridgehead atoms. The summed E-state index contributed by atoms with van der Waals surface area (Å²) in [5, 5.41) is 4.80. The first kappa shape index (κ1) is 31.3. The Kier molecular flexibility index (Phi) is 10.1. The molecule has 4 heteroatoms. The predicted molar refractivity (Wildman–Crippen MR) is 183 cm³/mol. The zero-order valence-corrected chi connectivity index (χ0v) is 27.8. The van der Waals surface area contributed by atoms with E-state index in [1.165, 1.54) is 20.7 Å². The van der Waals surface area contributed by atoms with Crippen molar-refractivity contribution in [3.63, 3.8) is 0 Å². The minimum atomic E-state index is -2.62. The Hall–Kier alpha value is -3.65. The summed E-state index contributed by atoms with van der Waals surface area (Å²) in [6.07, 6.45) is 0. The maximum atomic E-state index is 6.86. The van der Waals surface area contributed by atoms with Crippen molar-refractivity contribution in [2.24, 2.45) is 0 Å². The molecule has 0 spiro atoms. The van der Waals surface area contributed by atoms with E-state index in [1.807, 2.05) is 0 Å². The highest BCUT2D eigenvalue weighted by Gasteiger charge is 2.51. The summed E-state index contributed by atoms with van der Waals surface area (Å²) in [4.78, 5) is 0. The lowest BCUT2D eigenvalue weighted by Gasteiger charge is -2.42. The van der Waals surface area contributed by atoms with Gasteiger partial charge in [-0.05, 0) is 42.7 Å². The van der Waals surface area contributed by atoms with Crippen LogP contribution >= 0.6 is 0 Å². The predicted octanol–water partition coefficient (Wildman–Crippen LogP) is 6.15. The molecule has 0 aliphatic heterocycles. The fourth-order valence-corrected chi connectivity index (χ4v) is 14.9. The monoisotopic (exact) mass is 586 g/mol. The molecule has 0 N–H and O–H groups in total. The van der Waals surface area contributed by atoms with Gasteiger partial charge in [-0.1, -0.05) is 175 Å². The molecule has 0 unspecified atom stereocenters. The summed E-state index contributed by atoms with van der Waals surface area (Å²) < 4.78 is 13.7.